The fraction of sp³-hybridized carbons (Fsp3) is 0.286. The van der Waals surface area contributed by atoms with Crippen LogP contribution < -0.4 is 5.32 Å². The van der Waals surface area contributed by atoms with Crippen molar-refractivity contribution in [1.82, 2.24) is 20.4 Å². The van der Waals surface area contributed by atoms with Crippen LogP contribution >= 0.6 is 11.3 Å². The maximum Gasteiger partial charge on any atom is 0.232 e. The minimum atomic E-state index is -0.00545. The summed E-state index contributed by atoms with van der Waals surface area (Å²) in [7, 11) is 0. The molecular weight excluding hydrogens is 288 g/mol. The fourth-order valence-electron chi connectivity index (χ4n) is 2.42. The van der Waals surface area contributed by atoms with E-state index in [4.69, 9.17) is 4.52 Å². The molecule has 1 atom stereocenters. The monoisotopic (exact) mass is 300 g/mol. The van der Waals surface area contributed by atoms with Crippen LogP contribution in [-0.4, -0.2) is 27.6 Å². The number of para-hydroxylation sites is 1. The molecule has 2 aromatic heterocycles. The Bertz CT molecular complexity index is 777. The molecule has 1 N–H and O–H groups in total. The summed E-state index contributed by atoms with van der Waals surface area (Å²) in [4.78, 5) is 20.2. The first-order valence-corrected chi connectivity index (χ1v) is 7.53. The predicted octanol–water partition coefficient (Wildman–Crippen LogP) is 1.87. The van der Waals surface area contributed by atoms with Crippen LogP contribution in [0.3, 0.4) is 0 Å². The van der Waals surface area contributed by atoms with Gasteiger partial charge in [-0.05, 0) is 12.1 Å². The summed E-state index contributed by atoms with van der Waals surface area (Å²) >= 11 is 1.63. The standard InChI is InChI=1S/C14H12N4O2S/c19-12-5-8(7-15-12)14-17-11(18-20-14)6-13-16-9-3-1-2-4-10(9)21-13/h1-4,8H,5-7H2,(H,15,19). The van der Waals surface area contributed by atoms with Gasteiger partial charge in [0.05, 0.1) is 22.6 Å². The van der Waals surface area contributed by atoms with Crippen molar-refractivity contribution in [2.45, 2.75) is 18.8 Å². The van der Waals surface area contributed by atoms with E-state index in [0.29, 0.717) is 31.1 Å². The Balaban J connectivity index is 1.54. The number of fused-ring (bicyclic) bond motifs is 1. The molecule has 21 heavy (non-hydrogen) atoms. The summed E-state index contributed by atoms with van der Waals surface area (Å²) in [6.45, 7) is 0.571. The summed E-state index contributed by atoms with van der Waals surface area (Å²) in [6, 6.07) is 8.02. The zero-order valence-electron chi connectivity index (χ0n) is 11.1. The van der Waals surface area contributed by atoms with E-state index >= 15 is 0 Å². The molecule has 6 nitrogen and oxygen atoms in total. The van der Waals surface area contributed by atoms with Crippen LogP contribution in [0.1, 0.15) is 29.1 Å². The molecule has 1 unspecified atom stereocenters. The zero-order chi connectivity index (χ0) is 14.2. The molecule has 3 aromatic rings. The highest BCUT2D eigenvalue weighted by atomic mass is 32.1. The average Bonchev–Trinajstić information content (AvgIpc) is 3.17. The number of rotatable bonds is 3. The first kappa shape index (κ1) is 12.5. The third-order valence-corrected chi connectivity index (χ3v) is 4.49. The lowest BCUT2D eigenvalue weighted by Gasteiger charge is -1.96. The van der Waals surface area contributed by atoms with Crippen LogP contribution in [0.25, 0.3) is 10.2 Å². The zero-order valence-corrected chi connectivity index (χ0v) is 11.9. The summed E-state index contributed by atoms with van der Waals surface area (Å²) < 4.78 is 6.42. The van der Waals surface area contributed by atoms with E-state index in [1.807, 2.05) is 24.3 Å². The Kier molecular flexibility index (Phi) is 2.92. The first-order valence-electron chi connectivity index (χ1n) is 6.71. The normalized spacial score (nSPS) is 18.3. The smallest absolute Gasteiger partial charge is 0.232 e. The summed E-state index contributed by atoms with van der Waals surface area (Å²) in [6.07, 6.45) is 0.972. The molecular formula is C14H12N4O2S. The Morgan fingerprint density at radius 3 is 3.05 bits per heavy atom. The van der Waals surface area contributed by atoms with Crippen LogP contribution in [0.15, 0.2) is 28.8 Å². The first-order chi connectivity index (χ1) is 10.3. The van der Waals surface area contributed by atoms with E-state index < -0.39 is 0 Å². The Morgan fingerprint density at radius 1 is 1.33 bits per heavy atom. The van der Waals surface area contributed by atoms with Crippen LogP contribution in [-0.2, 0) is 11.2 Å². The highest BCUT2D eigenvalue weighted by molar-refractivity contribution is 7.18. The second-order valence-electron chi connectivity index (χ2n) is 5.01. The molecule has 0 saturated carbocycles. The van der Waals surface area contributed by atoms with Crippen LogP contribution in [0.5, 0.6) is 0 Å². The number of carbonyl (C=O) groups is 1. The molecule has 4 rings (SSSR count). The fourth-order valence-corrected chi connectivity index (χ4v) is 3.38. The molecule has 1 aliphatic rings. The molecule has 106 valence electrons. The van der Waals surface area contributed by atoms with Crippen molar-refractivity contribution in [3.8, 4) is 0 Å². The Morgan fingerprint density at radius 2 is 2.24 bits per heavy atom. The van der Waals surface area contributed by atoms with E-state index in [1.54, 1.807) is 11.3 Å². The van der Waals surface area contributed by atoms with E-state index in [2.05, 4.69) is 20.4 Å². The van der Waals surface area contributed by atoms with Gasteiger partial charge in [0.25, 0.3) is 0 Å². The van der Waals surface area contributed by atoms with Crippen molar-refractivity contribution in [2.75, 3.05) is 6.54 Å². The number of benzene rings is 1. The van der Waals surface area contributed by atoms with Gasteiger partial charge >= 0.3 is 0 Å². The maximum absolute atomic E-state index is 11.2. The number of nitrogens with one attached hydrogen (secondary N) is 1. The van der Waals surface area contributed by atoms with Crippen LogP contribution in [0.4, 0.5) is 0 Å². The SMILES string of the molecule is O=C1CC(c2nc(Cc3nc4ccccc4s3)no2)CN1. The number of carbonyl (C=O) groups excluding carboxylic acids is 1. The van der Waals surface area contributed by atoms with Gasteiger partial charge in [0.2, 0.25) is 11.8 Å². The maximum atomic E-state index is 11.2. The van der Waals surface area contributed by atoms with Gasteiger partial charge < -0.3 is 9.84 Å². The van der Waals surface area contributed by atoms with E-state index in [1.165, 1.54) is 0 Å². The Labute approximate surface area is 124 Å². The summed E-state index contributed by atoms with van der Waals surface area (Å²) in [5.41, 5.74) is 0.992. The van der Waals surface area contributed by atoms with Gasteiger partial charge in [-0.25, -0.2) is 4.98 Å². The van der Waals surface area contributed by atoms with Crippen molar-refractivity contribution < 1.29 is 9.32 Å². The number of hydrogen-bond donors (Lipinski definition) is 1. The molecule has 1 aromatic carbocycles. The number of hydrogen-bond acceptors (Lipinski definition) is 6. The van der Waals surface area contributed by atoms with Crippen molar-refractivity contribution in [2.24, 2.45) is 0 Å². The molecule has 0 aliphatic carbocycles. The lowest BCUT2D eigenvalue weighted by atomic mass is 10.1. The highest BCUT2D eigenvalue weighted by Crippen LogP contribution is 2.25. The van der Waals surface area contributed by atoms with E-state index in [0.717, 1.165) is 15.2 Å². The summed E-state index contributed by atoms with van der Waals surface area (Å²) in [5, 5.41) is 7.72. The van der Waals surface area contributed by atoms with Gasteiger partial charge in [-0.15, -0.1) is 11.3 Å². The molecule has 1 saturated heterocycles. The second-order valence-corrected chi connectivity index (χ2v) is 6.12. The van der Waals surface area contributed by atoms with E-state index in [9.17, 15) is 4.79 Å². The second kappa shape index (κ2) is 4.92. The quantitative estimate of drug-likeness (QED) is 0.798. The molecule has 1 amide bonds. The van der Waals surface area contributed by atoms with Crippen LogP contribution in [0.2, 0.25) is 0 Å². The predicted molar refractivity (Wildman–Crippen MR) is 77.1 cm³/mol. The molecule has 1 fully saturated rings. The van der Waals surface area contributed by atoms with Gasteiger partial charge in [0.15, 0.2) is 5.82 Å². The van der Waals surface area contributed by atoms with Crippen molar-refractivity contribution in [1.29, 1.82) is 0 Å². The third-order valence-electron chi connectivity index (χ3n) is 3.46. The van der Waals surface area contributed by atoms with Gasteiger partial charge in [-0.3, -0.25) is 4.79 Å². The van der Waals surface area contributed by atoms with Gasteiger partial charge in [-0.1, -0.05) is 17.3 Å². The largest absolute Gasteiger partial charge is 0.355 e. The van der Waals surface area contributed by atoms with Crippen LogP contribution in [0, 0.1) is 0 Å². The number of thiazole rings is 1. The molecule has 1 aliphatic heterocycles. The topological polar surface area (TPSA) is 80.9 Å². The Hall–Kier alpha value is -2.28. The van der Waals surface area contributed by atoms with E-state index in [-0.39, 0.29) is 11.8 Å². The molecule has 0 bridgehead atoms. The van der Waals surface area contributed by atoms with Crippen molar-refractivity contribution >= 4 is 27.5 Å². The molecule has 7 heteroatoms. The highest BCUT2D eigenvalue weighted by Gasteiger charge is 2.28. The van der Waals surface area contributed by atoms with Gasteiger partial charge in [0, 0.05) is 13.0 Å². The van der Waals surface area contributed by atoms with Crippen molar-refractivity contribution in [3.63, 3.8) is 0 Å². The number of amides is 1. The minimum Gasteiger partial charge on any atom is -0.355 e. The molecule has 3 heterocycles. The summed E-state index contributed by atoms with van der Waals surface area (Å²) in [5.74, 6) is 1.17. The lowest BCUT2D eigenvalue weighted by Crippen LogP contribution is -2.13. The van der Waals surface area contributed by atoms with Gasteiger partial charge in [0.1, 0.15) is 5.01 Å². The molecule has 0 spiro atoms. The molecule has 0 radical (unpaired) electrons. The minimum absolute atomic E-state index is 0.00545. The number of aromatic nitrogens is 3. The lowest BCUT2D eigenvalue weighted by molar-refractivity contribution is -0.119. The van der Waals surface area contributed by atoms with Crippen molar-refractivity contribution in [3.05, 3.63) is 41.0 Å². The third kappa shape index (κ3) is 2.40. The average molecular weight is 300 g/mol. The number of nitrogens with zero attached hydrogens (tertiary/aromatic N) is 3. The van der Waals surface area contributed by atoms with Gasteiger partial charge in [-0.2, -0.15) is 4.98 Å².